The van der Waals surface area contributed by atoms with Crippen LogP contribution < -0.4 is 10.1 Å². The van der Waals surface area contributed by atoms with Gasteiger partial charge in [0.15, 0.2) is 0 Å². The van der Waals surface area contributed by atoms with Crippen LogP contribution in [0.15, 0.2) is 85.1 Å². The Hall–Kier alpha value is -3.86. The van der Waals surface area contributed by atoms with Gasteiger partial charge in [-0.05, 0) is 48.7 Å². The maximum absolute atomic E-state index is 12.6. The van der Waals surface area contributed by atoms with Crippen LogP contribution in [0, 0.1) is 0 Å². The Bertz CT molecular complexity index is 1270. The minimum atomic E-state index is -0.420. The van der Waals surface area contributed by atoms with Crippen molar-refractivity contribution in [3.63, 3.8) is 0 Å². The van der Waals surface area contributed by atoms with Crippen LogP contribution in [0.1, 0.15) is 37.7 Å². The van der Waals surface area contributed by atoms with Gasteiger partial charge in [-0.1, -0.05) is 67.8 Å². The lowest BCUT2D eigenvalue weighted by atomic mass is 9.95. The van der Waals surface area contributed by atoms with Crippen LogP contribution in [-0.4, -0.2) is 21.4 Å². The number of pyridine rings is 1. The lowest BCUT2D eigenvalue weighted by Gasteiger charge is -2.24. The summed E-state index contributed by atoms with van der Waals surface area (Å²) in [6.07, 6.45) is 11.3. The summed E-state index contributed by atoms with van der Waals surface area (Å²) in [5, 5.41) is 3.74. The van der Waals surface area contributed by atoms with Crippen LogP contribution in [0.25, 0.3) is 23.0 Å². The van der Waals surface area contributed by atoms with Crippen LogP contribution in [0.3, 0.4) is 0 Å². The van der Waals surface area contributed by atoms with E-state index >= 15 is 0 Å². The molecule has 2 aromatic carbocycles. The quantitative estimate of drug-likeness (QED) is 0.216. The average Bonchev–Trinajstić information content (AvgIpc) is 3.22. The molecule has 5 nitrogen and oxygen atoms in total. The number of imidazole rings is 1. The molecule has 0 unspecified atom stereocenters. The fraction of sp³-hybridized carbons (Fsp3) is 0.214. The summed E-state index contributed by atoms with van der Waals surface area (Å²) in [7, 11) is 0. The number of nitrogens with one attached hydrogen (secondary N) is 1. The third-order valence-electron chi connectivity index (χ3n) is 6.04. The number of benzene rings is 2. The fourth-order valence-electron chi connectivity index (χ4n) is 4.38. The van der Waals surface area contributed by atoms with Crippen molar-refractivity contribution < 1.29 is 9.53 Å². The summed E-state index contributed by atoms with van der Waals surface area (Å²) < 4.78 is 7.84. The zero-order valence-electron chi connectivity index (χ0n) is 18.5. The molecule has 1 aliphatic rings. The Morgan fingerprint density at radius 2 is 1.70 bits per heavy atom. The van der Waals surface area contributed by atoms with E-state index in [-0.39, 0.29) is 0 Å². The van der Waals surface area contributed by atoms with E-state index in [4.69, 9.17) is 9.72 Å². The van der Waals surface area contributed by atoms with Gasteiger partial charge >= 0.3 is 5.97 Å². The largest absolute Gasteiger partial charge is 0.423 e. The molecule has 33 heavy (non-hydrogen) atoms. The third kappa shape index (κ3) is 4.82. The molecule has 0 spiro atoms. The van der Waals surface area contributed by atoms with Gasteiger partial charge in [0, 0.05) is 23.9 Å². The standard InChI is InChI=1S/C28H27N3O2/c32-26(19-18-21-11-3-1-4-12-21)33-24-16-8-7-15-23(24)27-28(29-22-13-5-2-6-14-22)31-20-10-9-17-25(31)30-27/h1,3-4,7-12,15-20,22,29H,2,5-6,13-14H2. The minimum Gasteiger partial charge on any atom is -0.423 e. The number of carbonyl (C=O) groups excluding carboxylic acids is 1. The van der Waals surface area contributed by atoms with Crippen molar-refractivity contribution >= 4 is 23.5 Å². The Morgan fingerprint density at radius 3 is 2.55 bits per heavy atom. The summed E-state index contributed by atoms with van der Waals surface area (Å²) >= 11 is 0. The molecule has 5 rings (SSSR count). The molecule has 5 heteroatoms. The third-order valence-corrected chi connectivity index (χ3v) is 6.04. The van der Waals surface area contributed by atoms with Gasteiger partial charge in [-0.2, -0.15) is 0 Å². The first kappa shape index (κ1) is 21.0. The molecule has 2 aromatic heterocycles. The summed E-state index contributed by atoms with van der Waals surface area (Å²) in [6.45, 7) is 0. The molecule has 166 valence electrons. The molecule has 1 aliphatic carbocycles. The van der Waals surface area contributed by atoms with Gasteiger partial charge in [0.05, 0.1) is 0 Å². The zero-order valence-corrected chi connectivity index (χ0v) is 18.5. The summed E-state index contributed by atoms with van der Waals surface area (Å²) in [4.78, 5) is 17.5. The molecule has 0 aliphatic heterocycles. The molecular formula is C28H27N3O2. The Kier molecular flexibility index (Phi) is 6.20. The average molecular weight is 438 g/mol. The van der Waals surface area contributed by atoms with Crippen molar-refractivity contribution in [2.75, 3.05) is 5.32 Å². The first-order chi connectivity index (χ1) is 16.3. The number of rotatable bonds is 6. The molecule has 4 aromatic rings. The molecule has 0 radical (unpaired) electrons. The molecule has 2 heterocycles. The predicted molar refractivity (Wildman–Crippen MR) is 132 cm³/mol. The second-order valence-corrected chi connectivity index (χ2v) is 8.38. The van der Waals surface area contributed by atoms with Crippen molar-refractivity contribution in [2.24, 2.45) is 0 Å². The highest BCUT2D eigenvalue weighted by Crippen LogP contribution is 2.36. The fourth-order valence-corrected chi connectivity index (χ4v) is 4.38. The van der Waals surface area contributed by atoms with E-state index in [9.17, 15) is 4.79 Å². The molecule has 1 N–H and O–H groups in total. The number of aromatic nitrogens is 2. The van der Waals surface area contributed by atoms with Crippen LogP contribution in [0.5, 0.6) is 5.75 Å². The highest BCUT2D eigenvalue weighted by molar-refractivity contribution is 5.90. The van der Waals surface area contributed by atoms with E-state index in [0.29, 0.717) is 11.8 Å². The van der Waals surface area contributed by atoms with Crippen molar-refractivity contribution in [1.29, 1.82) is 0 Å². The lowest BCUT2D eigenvalue weighted by Crippen LogP contribution is -2.23. The minimum absolute atomic E-state index is 0.418. The van der Waals surface area contributed by atoms with Crippen molar-refractivity contribution in [3.05, 3.63) is 90.6 Å². The first-order valence-corrected chi connectivity index (χ1v) is 11.6. The van der Waals surface area contributed by atoms with Crippen molar-refractivity contribution in [1.82, 2.24) is 9.38 Å². The second-order valence-electron chi connectivity index (χ2n) is 8.38. The number of fused-ring (bicyclic) bond motifs is 1. The molecule has 0 saturated heterocycles. The molecule has 1 saturated carbocycles. The van der Waals surface area contributed by atoms with E-state index in [1.165, 1.54) is 25.3 Å². The molecule has 0 atom stereocenters. The van der Waals surface area contributed by atoms with Gasteiger partial charge in [-0.15, -0.1) is 0 Å². The number of para-hydroxylation sites is 1. The monoisotopic (exact) mass is 437 g/mol. The van der Waals surface area contributed by atoms with E-state index in [1.807, 2.05) is 79.0 Å². The maximum Gasteiger partial charge on any atom is 0.336 e. The lowest BCUT2D eigenvalue weighted by molar-refractivity contribution is -0.128. The van der Waals surface area contributed by atoms with E-state index in [1.54, 1.807) is 6.08 Å². The van der Waals surface area contributed by atoms with E-state index in [2.05, 4.69) is 9.72 Å². The maximum atomic E-state index is 12.6. The number of anilines is 1. The smallest absolute Gasteiger partial charge is 0.336 e. The predicted octanol–water partition coefficient (Wildman–Crippen LogP) is 6.36. The Labute approximate surface area is 193 Å². The van der Waals surface area contributed by atoms with Gasteiger partial charge in [0.25, 0.3) is 0 Å². The Morgan fingerprint density at radius 1 is 0.939 bits per heavy atom. The van der Waals surface area contributed by atoms with E-state index < -0.39 is 5.97 Å². The molecule has 1 fully saturated rings. The summed E-state index contributed by atoms with van der Waals surface area (Å²) in [5.41, 5.74) is 3.39. The second kappa shape index (κ2) is 9.74. The molecule has 0 amide bonds. The van der Waals surface area contributed by atoms with Gasteiger partial charge < -0.3 is 10.1 Å². The van der Waals surface area contributed by atoms with Crippen molar-refractivity contribution in [2.45, 2.75) is 38.1 Å². The first-order valence-electron chi connectivity index (χ1n) is 11.6. The van der Waals surface area contributed by atoms with Gasteiger partial charge in [-0.25, -0.2) is 9.78 Å². The van der Waals surface area contributed by atoms with E-state index in [0.717, 1.165) is 41.1 Å². The summed E-state index contributed by atoms with van der Waals surface area (Å²) in [5.74, 6) is 1.02. The highest BCUT2D eigenvalue weighted by Gasteiger charge is 2.22. The number of hydrogen-bond acceptors (Lipinski definition) is 4. The van der Waals surface area contributed by atoms with Crippen LogP contribution in [-0.2, 0) is 4.79 Å². The number of nitrogens with zero attached hydrogens (tertiary/aromatic N) is 2. The summed E-state index contributed by atoms with van der Waals surface area (Å²) in [6, 6.07) is 23.7. The topological polar surface area (TPSA) is 55.6 Å². The normalized spacial score (nSPS) is 14.5. The SMILES string of the molecule is O=C(C=Cc1ccccc1)Oc1ccccc1-c1nc2ccccn2c1NC1CCCCC1. The molecule has 0 bridgehead atoms. The van der Waals surface area contributed by atoms with Gasteiger partial charge in [0.1, 0.15) is 22.9 Å². The number of hydrogen-bond donors (Lipinski definition) is 1. The zero-order chi connectivity index (χ0) is 22.5. The van der Waals surface area contributed by atoms with Gasteiger partial charge in [-0.3, -0.25) is 4.40 Å². The number of esters is 1. The van der Waals surface area contributed by atoms with Crippen LogP contribution in [0.2, 0.25) is 0 Å². The number of carbonyl (C=O) groups is 1. The Balaban J connectivity index is 1.47. The van der Waals surface area contributed by atoms with Crippen LogP contribution in [0.4, 0.5) is 5.82 Å². The molecular weight excluding hydrogens is 410 g/mol. The van der Waals surface area contributed by atoms with Crippen molar-refractivity contribution in [3.8, 4) is 17.0 Å². The van der Waals surface area contributed by atoms with Crippen LogP contribution >= 0.6 is 0 Å². The van der Waals surface area contributed by atoms with Gasteiger partial charge in [0.2, 0.25) is 0 Å². The highest BCUT2D eigenvalue weighted by atomic mass is 16.5. The number of ether oxygens (including phenoxy) is 1.